The first-order valence-electron chi connectivity index (χ1n) is 3.97. The molecular formula is C8H12Cl2N2. The number of aromatic nitrogens is 2. The molecule has 2 nitrogen and oxygen atoms in total. The van der Waals surface area contributed by atoms with E-state index in [-0.39, 0.29) is 12.4 Å². The molecule has 4 heteroatoms. The van der Waals surface area contributed by atoms with Crippen molar-refractivity contribution in [1.82, 2.24) is 9.97 Å². The highest BCUT2D eigenvalue weighted by molar-refractivity contribution is 6.16. The maximum atomic E-state index is 5.60. The average molecular weight is 207 g/mol. The van der Waals surface area contributed by atoms with Gasteiger partial charge in [0.2, 0.25) is 0 Å². The molecule has 1 fully saturated rings. The van der Waals surface area contributed by atoms with E-state index < -0.39 is 0 Å². The van der Waals surface area contributed by atoms with Gasteiger partial charge < -0.3 is 4.98 Å². The van der Waals surface area contributed by atoms with Gasteiger partial charge in [0.05, 0.1) is 5.88 Å². The predicted molar refractivity (Wildman–Crippen MR) is 51.8 cm³/mol. The summed E-state index contributed by atoms with van der Waals surface area (Å²) in [6.07, 6.45) is 5.82. The SMILES string of the molecule is Cl.ClCc1ncc(CC2CC2)[nH]1. The first-order valence-corrected chi connectivity index (χ1v) is 4.50. The Bertz CT molecular complexity index is 243. The normalized spacial score (nSPS) is 15.8. The van der Waals surface area contributed by atoms with Gasteiger partial charge in [0, 0.05) is 11.9 Å². The highest BCUT2D eigenvalue weighted by Crippen LogP contribution is 2.31. The standard InChI is InChI=1S/C8H11ClN2.ClH/c9-4-8-10-5-7(11-8)3-6-1-2-6;/h5-6H,1-4H2,(H,10,11);1H. The Morgan fingerprint density at radius 2 is 2.33 bits per heavy atom. The number of nitrogens with one attached hydrogen (secondary N) is 1. The third-order valence-electron chi connectivity index (χ3n) is 2.01. The lowest BCUT2D eigenvalue weighted by Gasteiger charge is -1.90. The van der Waals surface area contributed by atoms with Crippen molar-refractivity contribution in [1.29, 1.82) is 0 Å². The van der Waals surface area contributed by atoms with E-state index in [1.807, 2.05) is 6.20 Å². The summed E-state index contributed by atoms with van der Waals surface area (Å²) in [5.74, 6) is 2.30. The molecule has 1 saturated carbocycles. The molecule has 0 radical (unpaired) electrons. The molecule has 0 aromatic carbocycles. The zero-order chi connectivity index (χ0) is 7.68. The summed E-state index contributed by atoms with van der Waals surface area (Å²) in [7, 11) is 0. The molecule has 0 bridgehead atoms. The summed E-state index contributed by atoms with van der Waals surface area (Å²) >= 11 is 5.60. The molecule has 68 valence electrons. The van der Waals surface area contributed by atoms with Crippen molar-refractivity contribution in [3.05, 3.63) is 17.7 Å². The summed E-state index contributed by atoms with van der Waals surface area (Å²) < 4.78 is 0. The van der Waals surface area contributed by atoms with Crippen molar-refractivity contribution < 1.29 is 0 Å². The summed E-state index contributed by atoms with van der Waals surface area (Å²) in [6, 6.07) is 0. The van der Waals surface area contributed by atoms with Crippen LogP contribution in [0.1, 0.15) is 24.4 Å². The second-order valence-electron chi connectivity index (χ2n) is 3.14. The van der Waals surface area contributed by atoms with E-state index in [0.29, 0.717) is 5.88 Å². The second-order valence-corrected chi connectivity index (χ2v) is 3.40. The Hall–Kier alpha value is -0.210. The Balaban J connectivity index is 0.000000720. The van der Waals surface area contributed by atoms with Crippen molar-refractivity contribution in [3.8, 4) is 0 Å². The van der Waals surface area contributed by atoms with Gasteiger partial charge in [-0.05, 0) is 25.2 Å². The molecule has 1 aromatic rings. The molecule has 0 aliphatic heterocycles. The topological polar surface area (TPSA) is 28.7 Å². The fourth-order valence-corrected chi connectivity index (χ4v) is 1.35. The van der Waals surface area contributed by atoms with Gasteiger partial charge in [-0.25, -0.2) is 4.98 Å². The number of rotatable bonds is 3. The van der Waals surface area contributed by atoms with Crippen LogP contribution in [0, 0.1) is 5.92 Å². The lowest BCUT2D eigenvalue weighted by molar-refractivity contribution is 0.808. The molecule has 1 aromatic heterocycles. The van der Waals surface area contributed by atoms with E-state index in [2.05, 4.69) is 9.97 Å². The summed E-state index contributed by atoms with van der Waals surface area (Å²) in [6.45, 7) is 0. The van der Waals surface area contributed by atoms with Crippen LogP contribution in [0.4, 0.5) is 0 Å². The number of alkyl halides is 1. The van der Waals surface area contributed by atoms with Crippen LogP contribution in [0.3, 0.4) is 0 Å². The lowest BCUT2D eigenvalue weighted by atomic mass is 10.2. The molecule has 2 rings (SSSR count). The zero-order valence-electron chi connectivity index (χ0n) is 6.72. The van der Waals surface area contributed by atoms with Gasteiger partial charge in [-0.3, -0.25) is 0 Å². The summed E-state index contributed by atoms with van der Waals surface area (Å²) in [4.78, 5) is 7.32. The van der Waals surface area contributed by atoms with Gasteiger partial charge in [0.25, 0.3) is 0 Å². The number of hydrogen-bond acceptors (Lipinski definition) is 1. The van der Waals surface area contributed by atoms with E-state index in [1.165, 1.54) is 18.5 Å². The molecule has 1 heterocycles. The fourth-order valence-electron chi connectivity index (χ4n) is 1.21. The lowest BCUT2D eigenvalue weighted by Crippen LogP contribution is -1.87. The minimum atomic E-state index is 0. The van der Waals surface area contributed by atoms with Crippen LogP contribution in [-0.4, -0.2) is 9.97 Å². The molecule has 12 heavy (non-hydrogen) atoms. The molecular weight excluding hydrogens is 195 g/mol. The van der Waals surface area contributed by atoms with Crippen LogP contribution < -0.4 is 0 Å². The largest absolute Gasteiger partial charge is 0.345 e. The smallest absolute Gasteiger partial charge is 0.121 e. The van der Waals surface area contributed by atoms with Crippen molar-refractivity contribution >= 4 is 24.0 Å². The molecule has 1 N–H and O–H groups in total. The Morgan fingerprint density at radius 1 is 1.58 bits per heavy atom. The van der Waals surface area contributed by atoms with Gasteiger partial charge in [-0.2, -0.15) is 0 Å². The first-order chi connectivity index (χ1) is 5.38. The molecule has 1 aliphatic carbocycles. The Kier molecular flexibility index (Phi) is 3.41. The van der Waals surface area contributed by atoms with Crippen molar-refractivity contribution in [2.24, 2.45) is 5.92 Å². The van der Waals surface area contributed by atoms with Crippen LogP contribution in [0.25, 0.3) is 0 Å². The van der Waals surface area contributed by atoms with Crippen molar-refractivity contribution in [2.45, 2.75) is 25.1 Å². The van der Waals surface area contributed by atoms with E-state index in [0.717, 1.165) is 18.2 Å². The third-order valence-corrected chi connectivity index (χ3v) is 2.27. The minimum Gasteiger partial charge on any atom is -0.345 e. The van der Waals surface area contributed by atoms with Crippen molar-refractivity contribution in [2.75, 3.05) is 0 Å². The molecule has 0 spiro atoms. The van der Waals surface area contributed by atoms with Crippen molar-refractivity contribution in [3.63, 3.8) is 0 Å². The van der Waals surface area contributed by atoms with Gasteiger partial charge in [0.15, 0.2) is 0 Å². The van der Waals surface area contributed by atoms with Gasteiger partial charge in [-0.15, -0.1) is 24.0 Å². The summed E-state index contributed by atoms with van der Waals surface area (Å²) in [5, 5.41) is 0. The quantitative estimate of drug-likeness (QED) is 0.758. The molecule has 1 aliphatic rings. The van der Waals surface area contributed by atoms with Gasteiger partial charge in [0.1, 0.15) is 5.82 Å². The molecule has 0 amide bonds. The van der Waals surface area contributed by atoms with Crippen LogP contribution in [0.2, 0.25) is 0 Å². The van der Waals surface area contributed by atoms with Crippen LogP contribution in [-0.2, 0) is 12.3 Å². The van der Waals surface area contributed by atoms with Gasteiger partial charge in [-0.1, -0.05) is 0 Å². The number of imidazole rings is 1. The zero-order valence-corrected chi connectivity index (χ0v) is 8.29. The van der Waals surface area contributed by atoms with E-state index in [4.69, 9.17) is 11.6 Å². The maximum Gasteiger partial charge on any atom is 0.121 e. The molecule has 0 atom stereocenters. The second kappa shape index (κ2) is 4.15. The van der Waals surface area contributed by atoms with Crippen LogP contribution in [0.15, 0.2) is 6.20 Å². The molecule has 0 saturated heterocycles. The first kappa shape index (κ1) is 9.87. The Labute approximate surface area is 83.1 Å². The van der Waals surface area contributed by atoms with Crippen LogP contribution in [0.5, 0.6) is 0 Å². The highest BCUT2D eigenvalue weighted by Gasteiger charge is 2.22. The number of halogens is 2. The van der Waals surface area contributed by atoms with Gasteiger partial charge >= 0.3 is 0 Å². The average Bonchev–Trinajstić information content (AvgIpc) is 2.68. The monoisotopic (exact) mass is 206 g/mol. The minimum absolute atomic E-state index is 0. The number of nitrogens with zero attached hydrogens (tertiary/aromatic N) is 1. The maximum absolute atomic E-state index is 5.60. The third kappa shape index (κ3) is 2.39. The fraction of sp³-hybridized carbons (Fsp3) is 0.625. The highest BCUT2D eigenvalue weighted by atomic mass is 35.5. The van der Waals surface area contributed by atoms with E-state index in [9.17, 15) is 0 Å². The number of aromatic amines is 1. The predicted octanol–water partition coefficient (Wildman–Crippen LogP) is 2.52. The molecule has 0 unspecified atom stereocenters. The summed E-state index contributed by atoms with van der Waals surface area (Å²) in [5.41, 5.74) is 1.24. The number of hydrogen-bond donors (Lipinski definition) is 1. The number of H-pyrrole nitrogens is 1. The van der Waals surface area contributed by atoms with E-state index >= 15 is 0 Å². The van der Waals surface area contributed by atoms with Crippen LogP contribution >= 0.6 is 24.0 Å². The Morgan fingerprint density at radius 3 is 2.83 bits per heavy atom. The van der Waals surface area contributed by atoms with E-state index in [1.54, 1.807) is 0 Å².